The zero-order valence-electron chi connectivity index (χ0n) is 18.5. The molecule has 0 atom stereocenters. The third kappa shape index (κ3) is 4.17. The number of rotatable bonds is 5. The molecule has 0 radical (unpaired) electrons. The van der Waals surface area contributed by atoms with Crippen LogP contribution in [-0.4, -0.2) is 44.7 Å². The first-order valence-corrected chi connectivity index (χ1v) is 10.7. The summed E-state index contributed by atoms with van der Waals surface area (Å²) in [7, 11) is 0. The molecule has 0 aliphatic carbocycles. The number of nitrogens with zero attached hydrogens (tertiary/aromatic N) is 4. The third-order valence-corrected chi connectivity index (χ3v) is 5.70. The normalized spacial score (nSPS) is 13.7. The van der Waals surface area contributed by atoms with Gasteiger partial charge in [0.2, 0.25) is 0 Å². The molecule has 0 fully saturated rings. The minimum atomic E-state index is -0.525. The summed E-state index contributed by atoms with van der Waals surface area (Å²) in [5, 5.41) is 5.04. The molecule has 7 heteroatoms. The van der Waals surface area contributed by atoms with Crippen molar-refractivity contribution in [3.05, 3.63) is 58.9 Å². The topological polar surface area (TPSA) is 77.3 Å². The molecule has 2 aromatic heterocycles. The Kier molecular flexibility index (Phi) is 5.76. The Labute approximate surface area is 182 Å². The average Bonchev–Trinajstić information content (AvgIpc) is 3.20. The number of aromatic nitrogens is 3. The van der Waals surface area contributed by atoms with Gasteiger partial charge in [-0.3, -0.25) is 4.79 Å². The predicted octanol–water partition coefficient (Wildman–Crippen LogP) is 3.88. The zero-order valence-corrected chi connectivity index (χ0v) is 18.5. The van der Waals surface area contributed by atoms with Gasteiger partial charge in [0, 0.05) is 24.8 Å². The van der Waals surface area contributed by atoms with E-state index in [1.54, 1.807) is 21.8 Å². The van der Waals surface area contributed by atoms with Crippen molar-refractivity contribution in [1.29, 1.82) is 0 Å². The first-order valence-electron chi connectivity index (χ1n) is 10.7. The molecule has 0 saturated carbocycles. The van der Waals surface area contributed by atoms with Crippen molar-refractivity contribution in [2.45, 2.75) is 52.6 Å². The van der Waals surface area contributed by atoms with E-state index in [1.807, 2.05) is 45.9 Å². The number of hydrogen-bond donors (Lipinski definition) is 0. The third-order valence-electron chi connectivity index (χ3n) is 5.70. The Bertz CT molecular complexity index is 1130. The quantitative estimate of drug-likeness (QED) is 0.586. The van der Waals surface area contributed by atoms with Gasteiger partial charge in [-0.05, 0) is 43.4 Å². The van der Waals surface area contributed by atoms with Crippen molar-refractivity contribution < 1.29 is 14.3 Å². The van der Waals surface area contributed by atoms with Crippen LogP contribution in [0.3, 0.4) is 0 Å². The van der Waals surface area contributed by atoms with Crippen molar-refractivity contribution in [3.63, 3.8) is 0 Å². The van der Waals surface area contributed by atoms with Crippen LogP contribution in [0.1, 0.15) is 66.8 Å². The molecule has 162 valence electrons. The van der Waals surface area contributed by atoms with Gasteiger partial charge >= 0.3 is 5.97 Å². The number of ether oxygens (including phenoxy) is 1. The summed E-state index contributed by atoms with van der Waals surface area (Å²) in [6.45, 7) is 8.98. The van der Waals surface area contributed by atoms with E-state index in [-0.39, 0.29) is 24.5 Å². The summed E-state index contributed by atoms with van der Waals surface area (Å²) in [5.41, 5.74) is 4.27. The average molecular weight is 421 g/mol. The van der Waals surface area contributed by atoms with E-state index in [2.05, 4.69) is 11.2 Å². The highest BCUT2D eigenvalue weighted by molar-refractivity contribution is 6.03. The maximum atomic E-state index is 12.9. The Morgan fingerprint density at radius 3 is 2.58 bits per heavy atom. The summed E-state index contributed by atoms with van der Waals surface area (Å²) in [6, 6.07) is 9.98. The van der Waals surface area contributed by atoms with Gasteiger partial charge in [0.1, 0.15) is 0 Å². The number of hydrogen-bond acceptors (Lipinski definition) is 5. The van der Waals surface area contributed by atoms with E-state index in [9.17, 15) is 9.59 Å². The van der Waals surface area contributed by atoms with Gasteiger partial charge in [-0.1, -0.05) is 38.1 Å². The summed E-state index contributed by atoms with van der Waals surface area (Å²) in [5.74, 6) is -0.569. The second kappa shape index (κ2) is 8.49. The largest absolute Gasteiger partial charge is 0.452 e. The number of carbonyl (C=O) groups excluding carboxylic acids is 2. The van der Waals surface area contributed by atoms with Gasteiger partial charge in [0.15, 0.2) is 12.3 Å². The molecule has 0 unspecified atom stereocenters. The number of amides is 1. The lowest BCUT2D eigenvalue weighted by Gasteiger charge is -2.28. The Morgan fingerprint density at radius 2 is 1.87 bits per heavy atom. The molecule has 31 heavy (non-hydrogen) atoms. The molecular formula is C24H28N4O3. The van der Waals surface area contributed by atoms with E-state index in [0.717, 1.165) is 17.7 Å². The fourth-order valence-electron chi connectivity index (χ4n) is 3.88. The van der Waals surface area contributed by atoms with Gasteiger partial charge in [-0.25, -0.2) is 14.5 Å². The fraction of sp³-hybridized carbons (Fsp3) is 0.417. The SMILES string of the molecule is CC(C)c1cc(C(=O)OCC(=O)N2CCc3ccccc3C2)c2cnn(C(C)C)c2n1. The lowest BCUT2D eigenvalue weighted by Crippen LogP contribution is -2.38. The Morgan fingerprint density at radius 1 is 1.13 bits per heavy atom. The highest BCUT2D eigenvalue weighted by atomic mass is 16.5. The highest BCUT2D eigenvalue weighted by Crippen LogP contribution is 2.25. The molecule has 1 aliphatic heterocycles. The van der Waals surface area contributed by atoms with Crippen molar-refractivity contribution in [1.82, 2.24) is 19.7 Å². The standard InChI is InChI=1S/C24H28N4O3/c1-15(2)21-11-19(20-12-25-28(16(3)4)23(20)26-21)24(30)31-14-22(29)27-10-9-17-7-5-6-8-18(17)13-27/h5-8,11-12,15-16H,9-10,13-14H2,1-4H3. The van der Waals surface area contributed by atoms with Gasteiger partial charge in [-0.2, -0.15) is 5.10 Å². The molecule has 0 N–H and O–H groups in total. The lowest BCUT2D eigenvalue weighted by molar-refractivity contribution is -0.135. The summed E-state index contributed by atoms with van der Waals surface area (Å²) >= 11 is 0. The lowest BCUT2D eigenvalue weighted by atomic mass is 10.00. The van der Waals surface area contributed by atoms with Crippen LogP contribution in [0, 0.1) is 0 Å². The number of esters is 1. The van der Waals surface area contributed by atoms with Crippen LogP contribution in [0.25, 0.3) is 11.0 Å². The maximum Gasteiger partial charge on any atom is 0.339 e. The van der Waals surface area contributed by atoms with Crippen LogP contribution >= 0.6 is 0 Å². The molecule has 0 saturated heterocycles. The smallest absolute Gasteiger partial charge is 0.339 e. The molecule has 3 aromatic rings. The van der Waals surface area contributed by atoms with E-state index in [1.165, 1.54) is 5.56 Å². The number of benzene rings is 1. The predicted molar refractivity (Wildman–Crippen MR) is 118 cm³/mol. The number of carbonyl (C=O) groups is 2. The summed E-state index contributed by atoms with van der Waals surface area (Å²) in [4.78, 5) is 32.1. The molecule has 0 spiro atoms. The molecule has 3 heterocycles. The van der Waals surface area contributed by atoms with Crippen molar-refractivity contribution in [2.75, 3.05) is 13.2 Å². The maximum absolute atomic E-state index is 12.9. The number of fused-ring (bicyclic) bond motifs is 2. The van der Waals surface area contributed by atoms with E-state index < -0.39 is 5.97 Å². The fourth-order valence-corrected chi connectivity index (χ4v) is 3.88. The summed E-state index contributed by atoms with van der Waals surface area (Å²) < 4.78 is 7.25. The zero-order chi connectivity index (χ0) is 22.1. The van der Waals surface area contributed by atoms with Crippen LogP contribution in [0.5, 0.6) is 0 Å². The first kappa shape index (κ1) is 21.0. The Balaban J connectivity index is 1.51. The van der Waals surface area contributed by atoms with E-state index in [4.69, 9.17) is 9.72 Å². The molecule has 4 rings (SSSR count). The van der Waals surface area contributed by atoms with Crippen molar-refractivity contribution >= 4 is 22.9 Å². The monoisotopic (exact) mass is 420 g/mol. The van der Waals surface area contributed by atoms with Crippen LogP contribution in [0.4, 0.5) is 0 Å². The van der Waals surface area contributed by atoms with Gasteiger partial charge in [0.25, 0.3) is 5.91 Å². The van der Waals surface area contributed by atoms with Crippen LogP contribution in [0.2, 0.25) is 0 Å². The molecule has 1 aromatic carbocycles. The van der Waals surface area contributed by atoms with Gasteiger partial charge in [-0.15, -0.1) is 0 Å². The van der Waals surface area contributed by atoms with Crippen molar-refractivity contribution in [2.24, 2.45) is 0 Å². The first-order chi connectivity index (χ1) is 14.8. The second-order valence-corrected chi connectivity index (χ2v) is 8.58. The minimum Gasteiger partial charge on any atom is -0.452 e. The second-order valence-electron chi connectivity index (χ2n) is 8.58. The molecule has 0 bridgehead atoms. The highest BCUT2D eigenvalue weighted by Gasteiger charge is 2.24. The molecular weight excluding hydrogens is 392 g/mol. The van der Waals surface area contributed by atoms with Crippen LogP contribution in [-0.2, 0) is 22.5 Å². The van der Waals surface area contributed by atoms with Crippen LogP contribution < -0.4 is 0 Å². The molecule has 1 aliphatic rings. The van der Waals surface area contributed by atoms with Gasteiger partial charge < -0.3 is 9.64 Å². The minimum absolute atomic E-state index is 0.111. The summed E-state index contributed by atoms with van der Waals surface area (Å²) in [6.07, 6.45) is 2.46. The molecule has 7 nitrogen and oxygen atoms in total. The van der Waals surface area contributed by atoms with E-state index >= 15 is 0 Å². The Hall–Kier alpha value is -3.22. The van der Waals surface area contributed by atoms with Crippen LogP contribution in [0.15, 0.2) is 36.5 Å². The number of pyridine rings is 1. The van der Waals surface area contributed by atoms with Gasteiger partial charge in [0.05, 0.1) is 17.1 Å². The van der Waals surface area contributed by atoms with Crippen molar-refractivity contribution in [3.8, 4) is 0 Å². The molecule has 1 amide bonds. The van der Waals surface area contributed by atoms with E-state index in [0.29, 0.717) is 29.7 Å².